The molecule has 1 amide bonds. The van der Waals surface area contributed by atoms with Crippen LogP contribution in [0.15, 0.2) is 24.3 Å². The summed E-state index contributed by atoms with van der Waals surface area (Å²) in [5.74, 6) is 1.15. The number of hydrogen-bond donors (Lipinski definition) is 1. The fourth-order valence-corrected chi connectivity index (χ4v) is 3.83. The van der Waals surface area contributed by atoms with Gasteiger partial charge in [-0.05, 0) is 69.9 Å². The van der Waals surface area contributed by atoms with Gasteiger partial charge in [0.15, 0.2) is 0 Å². The highest BCUT2D eigenvalue weighted by molar-refractivity contribution is 5.95. The topological polar surface area (TPSA) is 35.6 Å². The number of para-hydroxylation sites is 1. The normalized spacial score (nSPS) is 19.1. The van der Waals surface area contributed by atoms with Crippen LogP contribution in [-0.4, -0.2) is 50.6 Å². The molecule has 1 aromatic carbocycles. The second-order valence-corrected chi connectivity index (χ2v) is 6.85. The van der Waals surface area contributed by atoms with E-state index in [0.717, 1.165) is 50.7 Å². The van der Waals surface area contributed by atoms with Gasteiger partial charge in [-0.25, -0.2) is 0 Å². The average molecular weight is 315 g/mol. The predicted molar refractivity (Wildman–Crippen MR) is 94.8 cm³/mol. The first-order valence-corrected chi connectivity index (χ1v) is 9.03. The maximum Gasteiger partial charge on any atom is 0.228 e. The maximum absolute atomic E-state index is 12.5. The quantitative estimate of drug-likeness (QED) is 0.875. The molecule has 0 unspecified atom stereocenters. The highest BCUT2D eigenvalue weighted by Crippen LogP contribution is 2.28. The van der Waals surface area contributed by atoms with Gasteiger partial charge in [0.1, 0.15) is 0 Å². The zero-order valence-electron chi connectivity index (χ0n) is 14.3. The number of nitrogens with one attached hydrogen (secondary N) is 1. The zero-order chi connectivity index (χ0) is 16.1. The van der Waals surface area contributed by atoms with Crippen molar-refractivity contribution in [2.75, 3.05) is 44.7 Å². The van der Waals surface area contributed by atoms with Crippen LogP contribution in [-0.2, 0) is 11.2 Å². The van der Waals surface area contributed by atoms with Crippen molar-refractivity contribution in [3.8, 4) is 0 Å². The molecule has 0 saturated carbocycles. The first-order chi connectivity index (χ1) is 11.3. The second-order valence-electron chi connectivity index (χ2n) is 6.85. The Bertz CT molecular complexity index is 523. The number of fused-ring (bicyclic) bond motifs is 1. The van der Waals surface area contributed by atoms with E-state index in [-0.39, 0.29) is 5.91 Å². The number of amides is 1. The van der Waals surface area contributed by atoms with Gasteiger partial charge < -0.3 is 15.1 Å². The highest BCUT2D eigenvalue weighted by atomic mass is 16.2. The summed E-state index contributed by atoms with van der Waals surface area (Å²) in [5.41, 5.74) is 2.44. The Hall–Kier alpha value is -1.39. The van der Waals surface area contributed by atoms with E-state index in [1.165, 1.54) is 24.8 Å². The van der Waals surface area contributed by atoms with Gasteiger partial charge in [-0.2, -0.15) is 0 Å². The summed E-state index contributed by atoms with van der Waals surface area (Å²) in [6.07, 6.45) is 5.49. The molecule has 0 radical (unpaired) electrons. The Kier molecular flexibility index (Phi) is 5.68. The van der Waals surface area contributed by atoms with E-state index in [4.69, 9.17) is 0 Å². The second kappa shape index (κ2) is 7.93. The van der Waals surface area contributed by atoms with Crippen molar-refractivity contribution < 1.29 is 4.79 Å². The molecule has 0 aromatic heterocycles. The molecular formula is C19H29N3O. The smallest absolute Gasteiger partial charge is 0.228 e. The molecule has 1 fully saturated rings. The minimum Gasteiger partial charge on any atom is -0.320 e. The molecule has 23 heavy (non-hydrogen) atoms. The van der Waals surface area contributed by atoms with Gasteiger partial charge in [0, 0.05) is 25.2 Å². The molecule has 4 nitrogen and oxygen atoms in total. The maximum atomic E-state index is 12.5. The third-order valence-corrected chi connectivity index (χ3v) is 5.34. The Morgan fingerprint density at radius 2 is 2.00 bits per heavy atom. The number of likely N-dealkylation sites (tertiary alicyclic amines) is 1. The zero-order valence-corrected chi connectivity index (χ0v) is 14.3. The predicted octanol–water partition coefficient (Wildman–Crippen LogP) is 2.29. The molecule has 1 saturated heterocycles. The van der Waals surface area contributed by atoms with Crippen LogP contribution >= 0.6 is 0 Å². The van der Waals surface area contributed by atoms with Crippen LogP contribution in [0.3, 0.4) is 0 Å². The molecule has 2 aliphatic heterocycles. The third-order valence-electron chi connectivity index (χ3n) is 5.34. The average Bonchev–Trinajstić information content (AvgIpc) is 3.03. The first-order valence-electron chi connectivity index (χ1n) is 9.03. The summed E-state index contributed by atoms with van der Waals surface area (Å²) >= 11 is 0. The van der Waals surface area contributed by atoms with Crippen molar-refractivity contribution in [1.29, 1.82) is 0 Å². The van der Waals surface area contributed by atoms with Gasteiger partial charge in [0.25, 0.3) is 0 Å². The molecule has 1 N–H and O–H groups in total. The fourth-order valence-electron chi connectivity index (χ4n) is 3.83. The Labute approximate surface area is 139 Å². The number of carbonyl (C=O) groups excluding carboxylic acids is 1. The van der Waals surface area contributed by atoms with Crippen LogP contribution in [0.1, 0.15) is 31.2 Å². The van der Waals surface area contributed by atoms with Gasteiger partial charge in [0.05, 0.1) is 0 Å². The van der Waals surface area contributed by atoms with Crippen LogP contribution < -0.4 is 10.2 Å². The van der Waals surface area contributed by atoms with E-state index in [0.29, 0.717) is 6.42 Å². The SMILES string of the molecule is CNCCC1CCN(CCC(=O)N2CCc3ccccc32)CC1. The summed E-state index contributed by atoms with van der Waals surface area (Å²) in [6.45, 7) is 5.19. The molecule has 0 aliphatic carbocycles. The third kappa shape index (κ3) is 4.12. The van der Waals surface area contributed by atoms with E-state index in [1.807, 2.05) is 18.0 Å². The van der Waals surface area contributed by atoms with Crippen molar-refractivity contribution >= 4 is 11.6 Å². The van der Waals surface area contributed by atoms with Crippen LogP contribution in [0.25, 0.3) is 0 Å². The van der Waals surface area contributed by atoms with Crippen molar-refractivity contribution in [2.45, 2.75) is 32.1 Å². The molecule has 2 aliphatic rings. The largest absolute Gasteiger partial charge is 0.320 e. The Morgan fingerprint density at radius 3 is 2.78 bits per heavy atom. The molecule has 0 bridgehead atoms. The molecule has 0 spiro atoms. The van der Waals surface area contributed by atoms with Crippen molar-refractivity contribution in [2.24, 2.45) is 5.92 Å². The van der Waals surface area contributed by atoms with E-state index in [1.54, 1.807) is 0 Å². The molecule has 4 heteroatoms. The minimum atomic E-state index is 0.284. The Balaban J connectivity index is 1.42. The summed E-state index contributed by atoms with van der Waals surface area (Å²) in [7, 11) is 2.03. The van der Waals surface area contributed by atoms with Crippen LogP contribution in [0.2, 0.25) is 0 Å². The number of piperidine rings is 1. The van der Waals surface area contributed by atoms with E-state index >= 15 is 0 Å². The lowest BCUT2D eigenvalue weighted by molar-refractivity contribution is -0.118. The lowest BCUT2D eigenvalue weighted by Crippen LogP contribution is -2.38. The van der Waals surface area contributed by atoms with Crippen LogP contribution in [0.4, 0.5) is 5.69 Å². The number of anilines is 1. The number of rotatable bonds is 6. The summed E-state index contributed by atoms with van der Waals surface area (Å²) in [4.78, 5) is 17.0. The molecule has 1 aromatic rings. The first kappa shape index (κ1) is 16.5. The molecule has 126 valence electrons. The van der Waals surface area contributed by atoms with E-state index in [9.17, 15) is 4.79 Å². The van der Waals surface area contributed by atoms with Gasteiger partial charge in [-0.3, -0.25) is 4.79 Å². The number of nitrogens with zero attached hydrogens (tertiary/aromatic N) is 2. The van der Waals surface area contributed by atoms with Gasteiger partial charge in [-0.1, -0.05) is 18.2 Å². The lowest BCUT2D eigenvalue weighted by Gasteiger charge is -2.32. The van der Waals surface area contributed by atoms with Crippen molar-refractivity contribution in [3.05, 3.63) is 29.8 Å². The van der Waals surface area contributed by atoms with Crippen molar-refractivity contribution in [3.63, 3.8) is 0 Å². The summed E-state index contributed by atoms with van der Waals surface area (Å²) < 4.78 is 0. The summed E-state index contributed by atoms with van der Waals surface area (Å²) in [5, 5.41) is 3.24. The molecule has 3 rings (SSSR count). The van der Waals surface area contributed by atoms with E-state index < -0.39 is 0 Å². The number of hydrogen-bond acceptors (Lipinski definition) is 3. The monoisotopic (exact) mass is 315 g/mol. The number of benzene rings is 1. The van der Waals surface area contributed by atoms with Gasteiger partial charge in [-0.15, -0.1) is 0 Å². The molecular weight excluding hydrogens is 286 g/mol. The Morgan fingerprint density at radius 1 is 1.22 bits per heavy atom. The molecule has 0 atom stereocenters. The van der Waals surface area contributed by atoms with Crippen LogP contribution in [0.5, 0.6) is 0 Å². The van der Waals surface area contributed by atoms with Crippen molar-refractivity contribution in [1.82, 2.24) is 10.2 Å². The van der Waals surface area contributed by atoms with Crippen LogP contribution in [0, 0.1) is 5.92 Å². The minimum absolute atomic E-state index is 0.284. The van der Waals surface area contributed by atoms with Gasteiger partial charge in [0.2, 0.25) is 5.91 Å². The standard InChI is InChI=1S/C19H29N3O/c1-20-11-6-16-7-12-21(13-8-16)14-10-19(23)22-15-9-17-4-2-3-5-18(17)22/h2-5,16,20H,6-15H2,1H3. The van der Waals surface area contributed by atoms with E-state index in [2.05, 4.69) is 28.4 Å². The lowest BCUT2D eigenvalue weighted by atomic mass is 9.93. The highest BCUT2D eigenvalue weighted by Gasteiger charge is 2.25. The molecule has 2 heterocycles. The summed E-state index contributed by atoms with van der Waals surface area (Å²) in [6, 6.07) is 8.30. The van der Waals surface area contributed by atoms with Gasteiger partial charge >= 0.3 is 0 Å². The fraction of sp³-hybridized carbons (Fsp3) is 0.632. The number of carbonyl (C=O) groups is 1.